The lowest BCUT2D eigenvalue weighted by molar-refractivity contribution is 0.118. The van der Waals surface area contributed by atoms with E-state index in [9.17, 15) is 0 Å². The molecule has 0 spiro atoms. The van der Waals surface area contributed by atoms with Crippen molar-refractivity contribution >= 4 is 5.71 Å². The standard InChI is InChI=1S/C19H24N2O/c1-22-15-18-12-7-13-21(18)20-19(17-10-5-6-11-17)14-16-8-3-2-4-9-16/h2-6,8-10,18H,7,11-15H2,1H3/b20-19-. The molecule has 2 aliphatic rings. The number of rotatable bonds is 6. The van der Waals surface area contributed by atoms with Gasteiger partial charge in [-0.1, -0.05) is 48.6 Å². The van der Waals surface area contributed by atoms with Gasteiger partial charge in [0.25, 0.3) is 0 Å². The number of methoxy groups -OCH3 is 1. The smallest absolute Gasteiger partial charge is 0.0704 e. The molecule has 0 radical (unpaired) electrons. The highest BCUT2D eigenvalue weighted by Gasteiger charge is 2.24. The van der Waals surface area contributed by atoms with Crippen molar-refractivity contribution in [1.82, 2.24) is 5.01 Å². The number of benzene rings is 1. The van der Waals surface area contributed by atoms with Crippen LogP contribution in [0, 0.1) is 0 Å². The van der Waals surface area contributed by atoms with Crippen LogP contribution in [0.25, 0.3) is 0 Å². The largest absolute Gasteiger partial charge is 0.382 e. The molecule has 0 saturated carbocycles. The Morgan fingerprint density at radius 2 is 2.18 bits per heavy atom. The SMILES string of the molecule is COCC1CCCN1/N=C(/Cc1ccccc1)C1=CC=CC1. The van der Waals surface area contributed by atoms with Crippen molar-refractivity contribution < 1.29 is 4.74 Å². The maximum atomic E-state index is 5.34. The maximum Gasteiger partial charge on any atom is 0.0704 e. The maximum absolute atomic E-state index is 5.34. The summed E-state index contributed by atoms with van der Waals surface area (Å²) in [7, 11) is 1.77. The Labute approximate surface area is 133 Å². The summed E-state index contributed by atoms with van der Waals surface area (Å²) in [5.41, 5.74) is 3.85. The summed E-state index contributed by atoms with van der Waals surface area (Å²) >= 11 is 0. The molecule has 1 atom stereocenters. The van der Waals surface area contributed by atoms with Crippen molar-refractivity contribution in [2.24, 2.45) is 5.10 Å². The van der Waals surface area contributed by atoms with Crippen LogP contribution in [0.1, 0.15) is 24.8 Å². The van der Waals surface area contributed by atoms with E-state index < -0.39 is 0 Å². The molecule has 3 rings (SSSR count). The van der Waals surface area contributed by atoms with Crippen molar-refractivity contribution in [3.8, 4) is 0 Å². The second-order valence-electron chi connectivity index (χ2n) is 5.95. The summed E-state index contributed by atoms with van der Waals surface area (Å²) in [6.07, 6.45) is 10.8. The first-order valence-electron chi connectivity index (χ1n) is 8.10. The fraction of sp³-hybridized carbons (Fsp3) is 0.421. The topological polar surface area (TPSA) is 24.8 Å². The summed E-state index contributed by atoms with van der Waals surface area (Å²) in [4.78, 5) is 0. The number of allylic oxidation sites excluding steroid dienone is 4. The van der Waals surface area contributed by atoms with Gasteiger partial charge in [0.15, 0.2) is 0 Å². The van der Waals surface area contributed by atoms with Gasteiger partial charge in [0.05, 0.1) is 18.4 Å². The van der Waals surface area contributed by atoms with E-state index in [1.807, 2.05) is 0 Å². The summed E-state index contributed by atoms with van der Waals surface area (Å²) in [6, 6.07) is 11.0. The normalized spacial score (nSPS) is 21.5. The number of nitrogens with zero attached hydrogens (tertiary/aromatic N) is 2. The molecular formula is C19H24N2O. The molecule has 1 aromatic carbocycles. The third-order valence-electron chi connectivity index (χ3n) is 4.31. The predicted octanol–water partition coefficient (Wildman–Crippen LogP) is 3.58. The van der Waals surface area contributed by atoms with Gasteiger partial charge in [-0.2, -0.15) is 5.10 Å². The molecule has 0 N–H and O–H groups in total. The molecule has 3 heteroatoms. The van der Waals surface area contributed by atoms with Gasteiger partial charge in [-0.15, -0.1) is 0 Å². The average Bonchev–Trinajstić information content (AvgIpc) is 3.20. The molecule has 0 aromatic heterocycles. The molecule has 0 amide bonds. The molecule has 3 nitrogen and oxygen atoms in total. The second-order valence-corrected chi connectivity index (χ2v) is 5.95. The van der Waals surface area contributed by atoms with Crippen molar-refractivity contribution in [3.63, 3.8) is 0 Å². The van der Waals surface area contributed by atoms with E-state index in [1.165, 1.54) is 29.7 Å². The van der Waals surface area contributed by atoms with Crippen LogP contribution in [-0.2, 0) is 11.2 Å². The summed E-state index contributed by atoms with van der Waals surface area (Å²) in [5, 5.41) is 7.25. The van der Waals surface area contributed by atoms with E-state index in [0.29, 0.717) is 6.04 Å². The van der Waals surface area contributed by atoms with Crippen molar-refractivity contribution in [2.45, 2.75) is 31.7 Å². The molecule has 1 saturated heterocycles. The lowest BCUT2D eigenvalue weighted by Gasteiger charge is -2.23. The molecular weight excluding hydrogens is 272 g/mol. The van der Waals surface area contributed by atoms with Crippen LogP contribution < -0.4 is 0 Å². The lowest BCUT2D eigenvalue weighted by Crippen LogP contribution is -2.30. The number of ether oxygens (including phenoxy) is 1. The number of hydrazone groups is 1. The van der Waals surface area contributed by atoms with Crippen molar-refractivity contribution in [3.05, 3.63) is 59.7 Å². The van der Waals surface area contributed by atoms with E-state index in [0.717, 1.165) is 26.0 Å². The average molecular weight is 296 g/mol. The second kappa shape index (κ2) is 7.41. The monoisotopic (exact) mass is 296 g/mol. The zero-order chi connectivity index (χ0) is 15.2. The molecule has 1 fully saturated rings. The van der Waals surface area contributed by atoms with Gasteiger partial charge in [0.2, 0.25) is 0 Å². The summed E-state index contributed by atoms with van der Waals surface area (Å²) in [6.45, 7) is 1.80. The van der Waals surface area contributed by atoms with Gasteiger partial charge in [-0.25, -0.2) is 0 Å². The van der Waals surface area contributed by atoms with Gasteiger partial charge < -0.3 is 4.74 Å². The Hall–Kier alpha value is -1.87. The third kappa shape index (κ3) is 3.66. The third-order valence-corrected chi connectivity index (χ3v) is 4.31. The van der Waals surface area contributed by atoms with Crippen molar-refractivity contribution in [2.75, 3.05) is 20.3 Å². The zero-order valence-corrected chi connectivity index (χ0v) is 13.2. The summed E-state index contributed by atoms with van der Waals surface area (Å²) in [5.74, 6) is 0. The number of hydrogen-bond acceptors (Lipinski definition) is 3. The van der Waals surface area contributed by atoms with Gasteiger partial charge in [0, 0.05) is 20.1 Å². The van der Waals surface area contributed by atoms with E-state index >= 15 is 0 Å². The highest BCUT2D eigenvalue weighted by Crippen LogP contribution is 2.22. The molecule has 116 valence electrons. The molecule has 1 aliphatic heterocycles. The molecule has 1 aliphatic carbocycles. The van der Waals surface area contributed by atoms with E-state index in [1.54, 1.807) is 7.11 Å². The Morgan fingerprint density at radius 1 is 1.32 bits per heavy atom. The first kappa shape index (κ1) is 15.0. The first-order chi connectivity index (χ1) is 10.9. The Kier molecular flexibility index (Phi) is 5.07. The van der Waals surface area contributed by atoms with Crippen LogP contribution in [0.15, 0.2) is 59.2 Å². The van der Waals surface area contributed by atoms with Crippen LogP contribution >= 0.6 is 0 Å². The molecule has 1 aromatic rings. The fourth-order valence-electron chi connectivity index (χ4n) is 3.13. The highest BCUT2D eigenvalue weighted by molar-refractivity contribution is 6.02. The minimum atomic E-state index is 0.422. The summed E-state index contributed by atoms with van der Waals surface area (Å²) < 4.78 is 5.34. The Bertz CT molecular complexity index is 574. The van der Waals surface area contributed by atoms with Crippen LogP contribution in [0.4, 0.5) is 0 Å². The minimum absolute atomic E-state index is 0.422. The minimum Gasteiger partial charge on any atom is -0.382 e. The zero-order valence-electron chi connectivity index (χ0n) is 13.2. The quantitative estimate of drug-likeness (QED) is 0.750. The Balaban J connectivity index is 1.80. The predicted molar refractivity (Wildman–Crippen MR) is 91.0 cm³/mol. The van der Waals surface area contributed by atoms with Crippen LogP contribution in [0.2, 0.25) is 0 Å². The Morgan fingerprint density at radius 3 is 2.91 bits per heavy atom. The molecule has 0 bridgehead atoms. The lowest BCUT2D eigenvalue weighted by atomic mass is 10.0. The first-order valence-corrected chi connectivity index (χ1v) is 8.10. The van der Waals surface area contributed by atoms with E-state index in [2.05, 4.69) is 53.6 Å². The highest BCUT2D eigenvalue weighted by atomic mass is 16.5. The van der Waals surface area contributed by atoms with Gasteiger partial charge in [0.1, 0.15) is 0 Å². The molecule has 22 heavy (non-hydrogen) atoms. The van der Waals surface area contributed by atoms with Gasteiger partial charge in [-0.3, -0.25) is 5.01 Å². The van der Waals surface area contributed by atoms with Gasteiger partial charge >= 0.3 is 0 Å². The van der Waals surface area contributed by atoms with E-state index in [4.69, 9.17) is 9.84 Å². The van der Waals surface area contributed by atoms with Crippen molar-refractivity contribution in [1.29, 1.82) is 0 Å². The fourth-order valence-corrected chi connectivity index (χ4v) is 3.13. The molecule has 1 unspecified atom stereocenters. The van der Waals surface area contributed by atoms with Crippen LogP contribution in [-0.4, -0.2) is 37.0 Å². The van der Waals surface area contributed by atoms with Crippen LogP contribution in [0.5, 0.6) is 0 Å². The molecule has 1 heterocycles. The van der Waals surface area contributed by atoms with E-state index in [-0.39, 0.29) is 0 Å². The number of hydrogen-bond donors (Lipinski definition) is 0. The van der Waals surface area contributed by atoms with Crippen LogP contribution in [0.3, 0.4) is 0 Å². The van der Waals surface area contributed by atoms with Gasteiger partial charge in [-0.05, 0) is 30.4 Å².